The van der Waals surface area contributed by atoms with Gasteiger partial charge in [0, 0.05) is 35.4 Å². The van der Waals surface area contributed by atoms with Gasteiger partial charge in [-0.25, -0.2) is 18.5 Å². The fraction of sp³-hybridized carbons (Fsp3) is 0.250. The van der Waals surface area contributed by atoms with Crippen molar-refractivity contribution in [2.75, 3.05) is 6.54 Å². The van der Waals surface area contributed by atoms with Gasteiger partial charge in [0.05, 0.1) is 29.2 Å². The number of furan rings is 1. The molecule has 1 unspecified atom stereocenters. The van der Waals surface area contributed by atoms with Gasteiger partial charge in [0.2, 0.25) is 11.0 Å². The summed E-state index contributed by atoms with van der Waals surface area (Å²) in [5.41, 5.74) is 0.689. The summed E-state index contributed by atoms with van der Waals surface area (Å²) in [6.07, 6.45) is -1.38. The second-order valence-electron chi connectivity index (χ2n) is 8.42. The number of aromatic nitrogens is 3. The van der Waals surface area contributed by atoms with E-state index < -0.39 is 26.5 Å². The van der Waals surface area contributed by atoms with Crippen LogP contribution in [0.4, 0.5) is 13.2 Å². The highest BCUT2D eigenvalue weighted by atomic mass is 32.8. The first-order valence-corrected chi connectivity index (χ1v) is 13.7. The summed E-state index contributed by atoms with van der Waals surface area (Å²) in [5, 5.41) is 3.71. The summed E-state index contributed by atoms with van der Waals surface area (Å²) in [5.74, 6) is -0.362. The monoisotopic (exact) mass is 547 g/mol. The number of alkyl halides is 3. The number of carbonyl (C=O) groups is 1. The molecule has 2 atom stereocenters. The van der Waals surface area contributed by atoms with Gasteiger partial charge in [-0.3, -0.25) is 9.78 Å². The van der Waals surface area contributed by atoms with Crippen LogP contribution in [-0.4, -0.2) is 42.0 Å². The molecule has 0 aliphatic carbocycles. The van der Waals surface area contributed by atoms with Crippen LogP contribution in [0.5, 0.6) is 0 Å². The van der Waals surface area contributed by atoms with Gasteiger partial charge >= 0.3 is 6.18 Å². The molecule has 1 aliphatic rings. The van der Waals surface area contributed by atoms with E-state index in [0.717, 1.165) is 17.6 Å². The van der Waals surface area contributed by atoms with E-state index in [0.29, 0.717) is 36.4 Å². The Morgan fingerprint density at radius 3 is 2.68 bits per heavy atom. The number of halogens is 3. The van der Waals surface area contributed by atoms with Crippen molar-refractivity contribution in [2.45, 2.75) is 36.7 Å². The highest BCUT2D eigenvalue weighted by molar-refractivity contribution is 8.31. The average Bonchev–Trinajstić information content (AvgIpc) is 3.55. The third-order valence-corrected chi connectivity index (χ3v) is 8.82. The Morgan fingerprint density at radius 2 is 1.95 bits per heavy atom. The highest BCUT2D eigenvalue weighted by Gasteiger charge is 2.38. The second kappa shape index (κ2) is 9.80. The topological polar surface area (TPSA) is 101 Å². The van der Waals surface area contributed by atoms with E-state index in [4.69, 9.17) is 15.6 Å². The van der Waals surface area contributed by atoms with Crippen molar-refractivity contribution in [3.8, 4) is 11.4 Å². The predicted octanol–water partition coefficient (Wildman–Crippen LogP) is 4.10. The lowest BCUT2D eigenvalue weighted by Gasteiger charge is -2.24. The van der Waals surface area contributed by atoms with E-state index in [1.165, 1.54) is 22.8 Å². The summed E-state index contributed by atoms with van der Waals surface area (Å²) >= 11 is 5.47. The molecule has 0 saturated carbocycles. The Morgan fingerprint density at radius 1 is 1.14 bits per heavy atom. The molecule has 13 heteroatoms. The van der Waals surface area contributed by atoms with Gasteiger partial charge in [0.25, 0.3) is 0 Å². The smallest absolute Gasteiger partial charge is 0.417 e. The molecule has 4 aromatic rings. The lowest BCUT2D eigenvalue weighted by molar-refractivity contribution is -0.137. The molecular formula is C24H20F3N5O3S2. The molecule has 3 aromatic heterocycles. The number of amides is 1. The molecule has 1 aromatic carbocycles. The molecule has 0 radical (unpaired) electrons. The Bertz CT molecular complexity index is 1520. The molecule has 4 heterocycles. The molecule has 192 valence electrons. The van der Waals surface area contributed by atoms with E-state index in [-0.39, 0.29) is 23.2 Å². The summed E-state index contributed by atoms with van der Waals surface area (Å²) < 4.78 is 59.3. The third kappa shape index (κ3) is 5.20. The number of benzene rings is 1. The summed E-state index contributed by atoms with van der Waals surface area (Å²) in [7, 11) is -3.21. The number of pyridine rings is 1. The maximum atomic E-state index is 13.6. The SMILES string of the molecule is O=C(NCc1cc(-c2ccc(C(F)(F)F)cn2)ncn1)[C@@H]1CCCN1S(=O)(=S)c1cc2ccccc2o1. The first-order chi connectivity index (χ1) is 17.6. The molecule has 1 saturated heterocycles. The van der Waals surface area contributed by atoms with E-state index >= 15 is 0 Å². The molecule has 1 N–H and O–H groups in total. The molecular weight excluding hydrogens is 527 g/mol. The quantitative estimate of drug-likeness (QED) is 0.388. The summed E-state index contributed by atoms with van der Waals surface area (Å²) in [6.45, 7) is 0.414. The Kier molecular flexibility index (Phi) is 6.68. The molecule has 1 fully saturated rings. The standard InChI is InChI=1S/C24H20F3N5O3S2/c25-24(26,27)16-7-8-18(28-12-16)19-11-17(30-14-31-19)13-29-23(33)20-5-3-9-32(20)37(34,36)22-10-15-4-1-2-6-21(15)35-22/h1-2,4,6-8,10-12,14,20H,3,5,9,13H2,(H,29,33)/t20-,37?/m0/s1. The minimum Gasteiger partial charge on any atom is -0.446 e. The zero-order valence-electron chi connectivity index (χ0n) is 19.1. The molecule has 0 bridgehead atoms. The minimum absolute atomic E-state index is 0.0303. The number of rotatable bonds is 6. The number of fused-ring (bicyclic) bond motifs is 1. The number of hydrogen-bond acceptors (Lipinski definition) is 7. The van der Waals surface area contributed by atoms with E-state index in [1.807, 2.05) is 12.1 Å². The molecule has 1 aliphatic heterocycles. The molecule has 8 nitrogen and oxygen atoms in total. The van der Waals surface area contributed by atoms with Crippen molar-refractivity contribution in [3.05, 3.63) is 72.3 Å². The van der Waals surface area contributed by atoms with Crippen molar-refractivity contribution in [1.29, 1.82) is 0 Å². The van der Waals surface area contributed by atoms with Crippen molar-refractivity contribution in [1.82, 2.24) is 24.6 Å². The van der Waals surface area contributed by atoms with Crippen LogP contribution in [0.3, 0.4) is 0 Å². The largest absolute Gasteiger partial charge is 0.446 e. The van der Waals surface area contributed by atoms with Gasteiger partial charge < -0.3 is 9.73 Å². The molecule has 37 heavy (non-hydrogen) atoms. The van der Waals surface area contributed by atoms with E-state index in [9.17, 15) is 22.2 Å². The van der Waals surface area contributed by atoms with Crippen LogP contribution in [0.25, 0.3) is 22.4 Å². The summed E-state index contributed by atoms with van der Waals surface area (Å²) in [6, 6.07) is 11.9. The van der Waals surface area contributed by atoms with Gasteiger partial charge in [-0.15, -0.1) is 0 Å². The number of hydrogen-bond donors (Lipinski definition) is 1. The lowest BCUT2D eigenvalue weighted by atomic mass is 10.2. The average molecular weight is 548 g/mol. The lowest BCUT2D eigenvalue weighted by Crippen LogP contribution is -2.45. The normalized spacial score (nSPS) is 18.1. The number of para-hydroxylation sites is 1. The van der Waals surface area contributed by atoms with Crippen molar-refractivity contribution >= 4 is 36.7 Å². The number of carbonyl (C=O) groups excluding carboxylic acids is 1. The number of nitrogens with zero attached hydrogens (tertiary/aromatic N) is 4. The zero-order valence-corrected chi connectivity index (χ0v) is 20.8. The van der Waals surface area contributed by atoms with Gasteiger partial charge in [-0.1, -0.05) is 18.2 Å². The Hall–Kier alpha value is -3.42. The minimum atomic E-state index is -4.49. The maximum Gasteiger partial charge on any atom is 0.417 e. The van der Waals surface area contributed by atoms with Gasteiger partial charge in [-0.2, -0.15) is 13.2 Å². The second-order valence-corrected chi connectivity index (χ2v) is 11.6. The van der Waals surface area contributed by atoms with Crippen LogP contribution in [0, 0.1) is 0 Å². The van der Waals surface area contributed by atoms with Crippen LogP contribution in [0.1, 0.15) is 24.1 Å². The fourth-order valence-electron chi connectivity index (χ4n) is 4.13. The van der Waals surface area contributed by atoms with Crippen molar-refractivity contribution in [3.63, 3.8) is 0 Å². The summed E-state index contributed by atoms with van der Waals surface area (Å²) in [4.78, 5) is 25.1. The number of nitrogens with one attached hydrogen (secondary N) is 1. The first-order valence-electron chi connectivity index (χ1n) is 11.3. The fourth-order valence-corrected chi connectivity index (χ4v) is 6.52. The van der Waals surface area contributed by atoms with Gasteiger partial charge in [0.15, 0.2) is 8.68 Å². The maximum absolute atomic E-state index is 13.6. The predicted molar refractivity (Wildman–Crippen MR) is 132 cm³/mol. The van der Waals surface area contributed by atoms with Crippen LogP contribution < -0.4 is 5.32 Å². The highest BCUT2D eigenvalue weighted by Crippen LogP contribution is 2.31. The van der Waals surface area contributed by atoms with Crippen LogP contribution in [0.2, 0.25) is 0 Å². The Labute approximate surface area is 214 Å². The zero-order chi connectivity index (χ0) is 26.2. The van der Waals surface area contributed by atoms with Gasteiger partial charge in [-0.05, 0) is 37.1 Å². The van der Waals surface area contributed by atoms with Crippen molar-refractivity contribution < 1.29 is 26.6 Å². The van der Waals surface area contributed by atoms with E-state index in [1.54, 1.807) is 18.2 Å². The van der Waals surface area contributed by atoms with Crippen LogP contribution in [-0.2, 0) is 37.4 Å². The first kappa shape index (κ1) is 25.2. The molecule has 0 spiro atoms. The molecule has 1 amide bonds. The van der Waals surface area contributed by atoms with Crippen LogP contribution in [0.15, 0.2) is 70.6 Å². The third-order valence-electron chi connectivity index (χ3n) is 5.99. The molecule has 5 rings (SSSR count). The van der Waals surface area contributed by atoms with E-state index in [2.05, 4.69) is 20.3 Å². The van der Waals surface area contributed by atoms with Gasteiger partial charge in [0.1, 0.15) is 18.0 Å². The Balaban J connectivity index is 1.28. The van der Waals surface area contributed by atoms with Crippen molar-refractivity contribution in [2.24, 2.45) is 0 Å². The van der Waals surface area contributed by atoms with Crippen LogP contribution >= 0.6 is 0 Å².